The second-order valence-corrected chi connectivity index (χ2v) is 4.06. The summed E-state index contributed by atoms with van der Waals surface area (Å²) in [4.78, 5) is 0. The molecule has 0 saturated carbocycles. The summed E-state index contributed by atoms with van der Waals surface area (Å²) in [6, 6.07) is 15.0. The van der Waals surface area contributed by atoms with E-state index in [1.165, 1.54) is 27.4 Å². The number of aromatic nitrogens is 1. The fraction of sp³-hybridized carbons (Fsp3) is 0.176. The van der Waals surface area contributed by atoms with Crippen molar-refractivity contribution in [1.29, 1.82) is 0 Å². The maximum absolute atomic E-state index is 3.82. The molecule has 0 fully saturated rings. The zero-order chi connectivity index (χ0) is 13.1. The van der Waals surface area contributed by atoms with Crippen molar-refractivity contribution < 1.29 is 0 Å². The van der Waals surface area contributed by atoms with E-state index >= 15 is 0 Å². The standard InChI is InChI=1S/C15H13N.C2H6/c1-3-11-8-9-15-13(10-11)12-6-4-5-7-14(12)16(15)2;1-2/h3-10H,1H2,2H3;1-2H3. The highest BCUT2D eigenvalue weighted by Gasteiger charge is 2.06. The van der Waals surface area contributed by atoms with Crippen LogP contribution in [0.4, 0.5) is 0 Å². The predicted molar refractivity (Wildman–Crippen MR) is 81.9 cm³/mol. The molecular formula is C17H19N. The molecule has 0 radical (unpaired) electrons. The highest BCUT2D eigenvalue weighted by Crippen LogP contribution is 2.28. The zero-order valence-corrected chi connectivity index (χ0v) is 11.3. The Kier molecular flexibility index (Phi) is 3.52. The van der Waals surface area contributed by atoms with Gasteiger partial charge < -0.3 is 4.57 Å². The van der Waals surface area contributed by atoms with Gasteiger partial charge in [0.25, 0.3) is 0 Å². The van der Waals surface area contributed by atoms with Crippen molar-refractivity contribution in [2.24, 2.45) is 7.05 Å². The first-order chi connectivity index (χ1) is 8.81. The molecule has 3 aromatic rings. The number of rotatable bonds is 1. The zero-order valence-electron chi connectivity index (χ0n) is 11.3. The van der Waals surface area contributed by atoms with E-state index in [1.54, 1.807) is 0 Å². The number of nitrogens with zero attached hydrogens (tertiary/aromatic N) is 1. The average Bonchev–Trinajstić information content (AvgIpc) is 2.75. The van der Waals surface area contributed by atoms with Gasteiger partial charge in [-0.3, -0.25) is 0 Å². The number of para-hydroxylation sites is 1. The van der Waals surface area contributed by atoms with Crippen LogP contribution in [0.5, 0.6) is 0 Å². The Labute approximate surface area is 108 Å². The summed E-state index contributed by atoms with van der Waals surface area (Å²) >= 11 is 0. The van der Waals surface area contributed by atoms with Crippen molar-refractivity contribution >= 4 is 27.9 Å². The van der Waals surface area contributed by atoms with Gasteiger partial charge in [-0.25, -0.2) is 0 Å². The first-order valence-corrected chi connectivity index (χ1v) is 6.41. The molecule has 0 bridgehead atoms. The van der Waals surface area contributed by atoms with Crippen LogP contribution in [0.3, 0.4) is 0 Å². The van der Waals surface area contributed by atoms with E-state index in [9.17, 15) is 0 Å². The number of hydrogen-bond donors (Lipinski definition) is 0. The van der Waals surface area contributed by atoms with Crippen molar-refractivity contribution in [1.82, 2.24) is 4.57 Å². The summed E-state index contributed by atoms with van der Waals surface area (Å²) < 4.78 is 2.23. The van der Waals surface area contributed by atoms with Crippen LogP contribution in [0.1, 0.15) is 19.4 Å². The summed E-state index contributed by atoms with van der Waals surface area (Å²) in [5.74, 6) is 0. The lowest BCUT2D eigenvalue weighted by atomic mass is 10.1. The maximum Gasteiger partial charge on any atom is 0.0489 e. The maximum atomic E-state index is 3.82. The van der Waals surface area contributed by atoms with Gasteiger partial charge in [0.05, 0.1) is 0 Å². The van der Waals surface area contributed by atoms with E-state index in [1.807, 2.05) is 19.9 Å². The van der Waals surface area contributed by atoms with Gasteiger partial charge in [0.2, 0.25) is 0 Å². The Bertz CT molecular complexity index is 689. The number of fused-ring (bicyclic) bond motifs is 3. The van der Waals surface area contributed by atoms with Gasteiger partial charge >= 0.3 is 0 Å². The SMILES string of the molecule is C=Cc1ccc2c(c1)c1ccccc1n2C.CC. The molecule has 0 aliphatic heterocycles. The molecule has 1 nitrogen and oxygen atoms in total. The highest BCUT2D eigenvalue weighted by molar-refractivity contribution is 6.08. The molecule has 18 heavy (non-hydrogen) atoms. The molecule has 0 saturated heterocycles. The minimum absolute atomic E-state index is 1.17. The molecule has 0 spiro atoms. The van der Waals surface area contributed by atoms with Gasteiger partial charge in [-0.05, 0) is 23.8 Å². The second kappa shape index (κ2) is 5.09. The third kappa shape index (κ3) is 1.82. The van der Waals surface area contributed by atoms with Gasteiger partial charge in [-0.15, -0.1) is 0 Å². The summed E-state index contributed by atoms with van der Waals surface area (Å²) in [7, 11) is 2.11. The topological polar surface area (TPSA) is 4.93 Å². The smallest absolute Gasteiger partial charge is 0.0489 e. The molecule has 1 heterocycles. The molecule has 0 amide bonds. The van der Waals surface area contributed by atoms with Gasteiger partial charge in [0, 0.05) is 28.9 Å². The second-order valence-electron chi connectivity index (χ2n) is 4.06. The Morgan fingerprint density at radius 2 is 1.61 bits per heavy atom. The van der Waals surface area contributed by atoms with Crippen LogP contribution >= 0.6 is 0 Å². The molecule has 2 aromatic carbocycles. The van der Waals surface area contributed by atoms with Crippen LogP contribution in [-0.2, 0) is 7.05 Å². The van der Waals surface area contributed by atoms with Crippen molar-refractivity contribution in [2.45, 2.75) is 13.8 Å². The van der Waals surface area contributed by atoms with Crippen molar-refractivity contribution in [3.63, 3.8) is 0 Å². The highest BCUT2D eigenvalue weighted by atomic mass is 14.9. The average molecular weight is 237 g/mol. The van der Waals surface area contributed by atoms with Crippen molar-refractivity contribution in [3.8, 4) is 0 Å². The molecule has 3 rings (SSSR count). The lowest BCUT2D eigenvalue weighted by Crippen LogP contribution is -1.85. The largest absolute Gasteiger partial charge is 0.344 e. The Morgan fingerprint density at radius 3 is 2.33 bits per heavy atom. The molecule has 1 heteroatoms. The molecule has 92 valence electrons. The van der Waals surface area contributed by atoms with E-state index < -0.39 is 0 Å². The van der Waals surface area contributed by atoms with Crippen LogP contribution in [0.15, 0.2) is 49.0 Å². The number of aryl methyl sites for hydroxylation is 1. The van der Waals surface area contributed by atoms with Crippen molar-refractivity contribution in [3.05, 3.63) is 54.6 Å². The van der Waals surface area contributed by atoms with Gasteiger partial charge in [-0.2, -0.15) is 0 Å². The molecule has 0 atom stereocenters. The quantitative estimate of drug-likeness (QED) is 0.561. The van der Waals surface area contributed by atoms with E-state index in [0.717, 1.165) is 0 Å². The van der Waals surface area contributed by atoms with Crippen molar-refractivity contribution in [2.75, 3.05) is 0 Å². The molecule has 0 aliphatic rings. The third-order valence-electron chi connectivity index (χ3n) is 3.17. The Hall–Kier alpha value is -2.02. The minimum atomic E-state index is 1.17. The van der Waals surface area contributed by atoms with E-state index in [2.05, 4.69) is 60.7 Å². The summed E-state index contributed by atoms with van der Waals surface area (Å²) in [5.41, 5.74) is 3.72. The van der Waals surface area contributed by atoms with E-state index in [0.29, 0.717) is 0 Å². The summed E-state index contributed by atoms with van der Waals surface area (Å²) in [5, 5.41) is 2.61. The molecule has 0 unspecified atom stereocenters. The van der Waals surface area contributed by atoms with Gasteiger partial charge in [-0.1, -0.05) is 50.8 Å². The van der Waals surface area contributed by atoms with Crippen LogP contribution in [0, 0.1) is 0 Å². The molecular weight excluding hydrogens is 218 g/mol. The van der Waals surface area contributed by atoms with Gasteiger partial charge in [0.15, 0.2) is 0 Å². The van der Waals surface area contributed by atoms with E-state index in [-0.39, 0.29) is 0 Å². The lowest BCUT2D eigenvalue weighted by Gasteiger charge is -1.97. The van der Waals surface area contributed by atoms with Crippen LogP contribution in [0.2, 0.25) is 0 Å². The monoisotopic (exact) mass is 237 g/mol. The van der Waals surface area contributed by atoms with Gasteiger partial charge in [0.1, 0.15) is 0 Å². The predicted octanol–water partition coefficient (Wildman–Crippen LogP) is 5.00. The fourth-order valence-corrected chi connectivity index (χ4v) is 2.31. The van der Waals surface area contributed by atoms with Crippen LogP contribution in [-0.4, -0.2) is 4.57 Å². The van der Waals surface area contributed by atoms with E-state index in [4.69, 9.17) is 0 Å². The van der Waals surface area contributed by atoms with Crippen LogP contribution in [0.25, 0.3) is 27.9 Å². The normalized spacial score (nSPS) is 10.2. The first-order valence-electron chi connectivity index (χ1n) is 6.41. The fourth-order valence-electron chi connectivity index (χ4n) is 2.31. The van der Waals surface area contributed by atoms with Crippen LogP contribution < -0.4 is 0 Å². The third-order valence-corrected chi connectivity index (χ3v) is 3.17. The molecule has 0 N–H and O–H groups in total. The summed E-state index contributed by atoms with van der Waals surface area (Å²) in [6.45, 7) is 7.82. The lowest BCUT2D eigenvalue weighted by molar-refractivity contribution is 1.01. The minimum Gasteiger partial charge on any atom is -0.344 e. The number of benzene rings is 2. The molecule has 0 aliphatic carbocycles. The Balaban J connectivity index is 0.000000574. The summed E-state index contributed by atoms with van der Waals surface area (Å²) in [6.07, 6.45) is 1.89. The Morgan fingerprint density at radius 1 is 0.944 bits per heavy atom. The molecule has 1 aromatic heterocycles. The number of hydrogen-bond acceptors (Lipinski definition) is 0. The first kappa shape index (κ1) is 12.4.